The van der Waals surface area contributed by atoms with Crippen LogP contribution in [0.15, 0.2) is 35.9 Å². The fourth-order valence-electron chi connectivity index (χ4n) is 5.42. The summed E-state index contributed by atoms with van der Waals surface area (Å²) in [7, 11) is 1.63. The average molecular weight is 400 g/mol. The molecular formula is C23H28O6. The number of benzene rings is 1. The lowest BCUT2D eigenvalue weighted by atomic mass is 9.77. The van der Waals surface area contributed by atoms with Crippen LogP contribution >= 0.6 is 0 Å². The van der Waals surface area contributed by atoms with Gasteiger partial charge in [-0.25, -0.2) is 4.79 Å². The van der Waals surface area contributed by atoms with Gasteiger partial charge in [0.2, 0.25) is 0 Å². The minimum absolute atomic E-state index is 0.00804. The zero-order valence-electron chi connectivity index (χ0n) is 17.0. The topological polar surface area (TPSA) is 71.1 Å². The molecular weight excluding hydrogens is 372 g/mol. The molecule has 2 saturated carbocycles. The predicted molar refractivity (Wildman–Crippen MR) is 106 cm³/mol. The molecule has 2 bridgehead atoms. The summed E-state index contributed by atoms with van der Waals surface area (Å²) in [6, 6.07) is 9.49. The third-order valence-electron chi connectivity index (χ3n) is 6.45. The molecule has 2 fully saturated rings. The normalized spacial score (nSPS) is 30.1. The summed E-state index contributed by atoms with van der Waals surface area (Å²) in [4.78, 5) is 26.3. The van der Waals surface area contributed by atoms with E-state index < -0.39 is 0 Å². The van der Waals surface area contributed by atoms with Crippen molar-refractivity contribution < 1.29 is 28.5 Å². The van der Waals surface area contributed by atoms with Crippen molar-refractivity contribution in [2.45, 2.75) is 25.9 Å². The molecule has 156 valence electrons. The van der Waals surface area contributed by atoms with E-state index in [0.29, 0.717) is 31.0 Å². The van der Waals surface area contributed by atoms with Gasteiger partial charge in [-0.2, -0.15) is 0 Å². The Morgan fingerprint density at radius 1 is 1.10 bits per heavy atom. The Labute approximate surface area is 171 Å². The maximum absolute atomic E-state index is 13.5. The van der Waals surface area contributed by atoms with Crippen LogP contribution in [-0.2, 0) is 28.5 Å². The number of Topliss-reactive ketones (excluding diaryl/α,β-unsaturated/α-hetero) is 1. The molecule has 4 rings (SSSR count). The summed E-state index contributed by atoms with van der Waals surface area (Å²) >= 11 is 0. The molecule has 0 saturated heterocycles. The molecule has 3 aliphatic carbocycles. The molecule has 0 aliphatic heterocycles. The van der Waals surface area contributed by atoms with Gasteiger partial charge in [0.15, 0.2) is 5.78 Å². The van der Waals surface area contributed by atoms with Crippen LogP contribution in [-0.4, -0.2) is 51.6 Å². The van der Waals surface area contributed by atoms with Crippen LogP contribution in [0.5, 0.6) is 0 Å². The van der Waals surface area contributed by atoms with E-state index in [0.717, 1.165) is 18.4 Å². The maximum Gasteiger partial charge on any atom is 0.335 e. The third-order valence-corrected chi connectivity index (χ3v) is 6.45. The number of ketones is 1. The van der Waals surface area contributed by atoms with E-state index in [9.17, 15) is 9.59 Å². The number of hydrogen-bond donors (Lipinski definition) is 0. The third kappa shape index (κ3) is 3.65. The van der Waals surface area contributed by atoms with Crippen LogP contribution in [0.4, 0.5) is 0 Å². The zero-order chi connectivity index (χ0) is 20.4. The number of ether oxygens (including phenoxy) is 4. The second-order valence-electron chi connectivity index (χ2n) is 7.91. The van der Waals surface area contributed by atoms with Gasteiger partial charge < -0.3 is 18.9 Å². The maximum atomic E-state index is 13.5. The highest BCUT2D eigenvalue weighted by molar-refractivity contribution is 6.30. The van der Waals surface area contributed by atoms with Gasteiger partial charge in [-0.05, 0) is 37.2 Å². The fraction of sp³-hybridized carbons (Fsp3) is 0.565. The first kappa shape index (κ1) is 20.3. The van der Waals surface area contributed by atoms with E-state index >= 15 is 0 Å². The minimum Gasteiger partial charge on any atom is -0.463 e. The zero-order valence-corrected chi connectivity index (χ0v) is 17.0. The Morgan fingerprint density at radius 2 is 1.90 bits per heavy atom. The van der Waals surface area contributed by atoms with Crippen molar-refractivity contribution in [3.05, 3.63) is 41.5 Å². The number of fused-ring (bicyclic) bond motifs is 5. The van der Waals surface area contributed by atoms with Crippen molar-refractivity contribution >= 4 is 17.3 Å². The van der Waals surface area contributed by atoms with Gasteiger partial charge in [0, 0.05) is 24.5 Å². The van der Waals surface area contributed by atoms with E-state index in [2.05, 4.69) is 0 Å². The van der Waals surface area contributed by atoms with E-state index in [1.165, 1.54) is 0 Å². The molecule has 0 heterocycles. The molecule has 6 heteroatoms. The van der Waals surface area contributed by atoms with E-state index in [1.807, 2.05) is 30.3 Å². The molecule has 1 aromatic rings. The van der Waals surface area contributed by atoms with E-state index in [-0.39, 0.29) is 48.3 Å². The van der Waals surface area contributed by atoms with Crippen molar-refractivity contribution in [1.82, 2.24) is 0 Å². The Hall–Kier alpha value is -2.02. The number of allylic oxidation sites excluding steroid dienone is 1. The van der Waals surface area contributed by atoms with Crippen LogP contribution in [0, 0.1) is 23.7 Å². The number of methoxy groups -OCH3 is 1. The van der Waals surface area contributed by atoms with Crippen LogP contribution in [0.3, 0.4) is 0 Å². The van der Waals surface area contributed by atoms with Crippen LogP contribution in [0.2, 0.25) is 0 Å². The van der Waals surface area contributed by atoms with Crippen LogP contribution in [0.1, 0.15) is 25.3 Å². The summed E-state index contributed by atoms with van der Waals surface area (Å²) in [5.74, 6) is -0.165. The standard InChI is InChI=1S/C23H28O6/c1-3-28-23(25)21-18-15-11-16(17(12-15)29-13-27-10-9-26-2)20(18)22(24)19(21)14-7-5-4-6-8-14/h4-8,15-18,20H,3,9-13H2,1-2H3/t15-,16+,17+,18-,20+/m0/s1. The molecule has 0 radical (unpaired) electrons. The summed E-state index contributed by atoms with van der Waals surface area (Å²) in [5.41, 5.74) is 1.93. The lowest BCUT2D eigenvalue weighted by Crippen LogP contribution is -2.36. The molecule has 0 unspecified atom stereocenters. The Morgan fingerprint density at radius 3 is 2.62 bits per heavy atom. The average Bonchev–Trinajstić information content (AvgIpc) is 3.39. The molecule has 29 heavy (non-hydrogen) atoms. The van der Waals surface area contributed by atoms with Gasteiger partial charge in [0.1, 0.15) is 6.79 Å². The first-order chi connectivity index (χ1) is 14.2. The first-order valence-electron chi connectivity index (χ1n) is 10.4. The fourth-order valence-corrected chi connectivity index (χ4v) is 5.42. The summed E-state index contributed by atoms with van der Waals surface area (Å²) in [5, 5.41) is 0. The second-order valence-corrected chi connectivity index (χ2v) is 7.91. The molecule has 6 nitrogen and oxygen atoms in total. The molecule has 0 amide bonds. The van der Waals surface area contributed by atoms with Crippen molar-refractivity contribution in [1.29, 1.82) is 0 Å². The smallest absolute Gasteiger partial charge is 0.335 e. The lowest BCUT2D eigenvalue weighted by molar-refractivity contribution is -0.140. The van der Waals surface area contributed by atoms with E-state index in [4.69, 9.17) is 18.9 Å². The second kappa shape index (κ2) is 8.78. The van der Waals surface area contributed by atoms with Crippen molar-refractivity contribution in [3.8, 4) is 0 Å². The van der Waals surface area contributed by atoms with Gasteiger partial charge in [-0.1, -0.05) is 30.3 Å². The van der Waals surface area contributed by atoms with Gasteiger partial charge in [0.05, 0.1) is 31.5 Å². The predicted octanol–water partition coefficient (Wildman–Crippen LogP) is 2.86. The van der Waals surface area contributed by atoms with Crippen molar-refractivity contribution in [2.75, 3.05) is 33.7 Å². The SMILES string of the molecule is CCOC(=O)C1=C(c2ccccc2)C(=O)[C@@H]2[C@@H]3C[C@@H](C[C@H]3OCOCCOC)[C@H]12. The minimum atomic E-state index is -0.347. The Bertz CT molecular complexity index is 786. The van der Waals surface area contributed by atoms with Gasteiger partial charge in [0.25, 0.3) is 0 Å². The number of esters is 1. The van der Waals surface area contributed by atoms with E-state index in [1.54, 1.807) is 14.0 Å². The lowest BCUT2D eigenvalue weighted by Gasteiger charge is -2.31. The number of hydrogen-bond acceptors (Lipinski definition) is 6. The molecule has 1 aromatic carbocycles. The summed E-state index contributed by atoms with van der Waals surface area (Å²) in [6.45, 7) is 3.30. The van der Waals surface area contributed by atoms with Gasteiger partial charge in [-0.3, -0.25) is 4.79 Å². The highest BCUT2D eigenvalue weighted by atomic mass is 16.7. The Balaban J connectivity index is 1.56. The largest absolute Gasteiger partial charge is 0.463 e. The van der Waals surface area contributed by atoms with Crippen LogP contribution < -0.4 is 0 Å². The molecule has 0 aromatic heterocycles. The molecule has 0 spiro atoms. The van der Waals surface area contributed by atoms with Crippen molar-refractivity contribution in [2.24, 2.45) is 23.7 Å². The highest BCUT2D eigenvalue weighted by Gasteiger charge is 2.62. The molecule has 5 atom stereocenters. The summed E-state index contributed by atoms with van der Waals surface area (Å²) < 4.78 is 21.7. The molecule has 3 aliphatic rings. The first-order valence-corrected chi connectivity index (χ1v) is 10.4. The quantitative estimate of drug-likeness (QED) is 0.361. The summed E-state index contributed by atoms with van der Waals surface area (Å²) in [6.07, 6.45) is 1.75. The highest BCUT2D eigenvalue weighted by Crippen LogP contribution is 2.61. The number of rotatable bonds is 9. The molecule has 0 N–H and O–H groups in total. The van der Waals surface area contributed by atoms with Gasteiger partial charge >= 0.3 is 5.97 Å². The number of carbonyl (C=O) groups is 2. The van der Waals surface area contributed by atoms with Crippen molar-refractivity contribution in [3.63, 3.8) is 0 Å². The van der Waals surface area contributed by atoms with Gasteiger partial charge in [-0.15, -0.1) is 0 Å². The van der Waals surface area contributed by atoms with Crippen LogP contribution in [0.25, 0.3) is 5.57 Å². The monoisotopic (exact) mass is 400 g/mol. The Kier molecular flexibility index (Phi) is 6.13. The number of carbonyl (C=O) groups excluding carboxylic acids is 2.